The number of aromatic amines is 1. The van der Waals surface area contributed by atoms with E-state index in [4.69, 9.17) is 5.73 Å². The summed E-state index contributed by atoms with van der Waals surface area (Å²) in [5.41, 5.74) is 12.4. The van der Waals surface area contributed by atoms with E-state index in [2.05, 4.69) is 26.6 Å². The third-order valence-electron chi connectivity index (χ3n) is 5.68. The molecule has 0 fully saturated rings. The van der Waals surface area contributed by atoms with Crippen LogP contribution < -0.4 is 11.1 Å². The predicted molar refractivity (Wildman–Crippen MR) is 110 cm³/mol. The summed E-state index contributed by atoms with van der Waals surface area (Å²) in [7, 11) is -1.59. The van der Waals surface area contributed by atoms with Crippen molar-refractivity contribution in [2.75, 3.05) is 5.32 Å². The van der Waals surface area contributed by atoms with E-state index in [1.807, 2.05) is 0 Å². The third kappa shape index (κ3) is 3.23. The number of amides is 1. The predicted octanol–water partition coefficient (Wildman–Crippen LogP) is 2.79. The summed E-state index contributed by atoms with van der Waals surface area (Å²) >= 11 is 0. The highest BCUT2D eigenvalue weighted by atomic mass is 32.2. The van der Waals surface area contributed by atoms with E-state index >= 15 is 0 Å². The van der Waals surface area contributed by atoms with E-state index in [1.165, 1.54) is 41.2 Å². The number of hydrogen-bond acceptors (Lipinski definition) is 5. The zero-order valence-corrected chi connectivity index (χ0v) is 16.6. The zero-order chi connectivity index (χ0) is 20.0. The van der Waals surface area contributed by atoms with Gasteiger partial charge in [0.1, 0.15) is 10.8 Å². The van der Waals surface area contributed by atoms with Gasteiger partial charge in [-0.25, -0.2) is 9.31 Å². The number of aromatic nitrogens is 3. The van der Waals surface area contributed by atoms with Crippen LogP contribution in [-0.4, -0.2) is 25.3 Å². The van der Waals surface area contributed by atoms with Gasteiger partial charge < -0.3 is 11.1 Å². The highest BCUT2D eigenvalue weighted by Gasteiger charge is 2.25. The number of rotatable bonds is 5. The molecule has 0 aliphatic heterocycles. The van der Waals surface area contributed by atoms with Crippen LogP contribution in [0, 0.1) is 0 Å². The van der Waals surface area contributed by atoms with Crippen molar-refractivity contribution in [3.8, 4) is 0 Å². The van der Waals surface area contributed by atoms with Gasteiger partial charge in [-0.2, -0.15) is 4.98 Å². The molecule has 4 N–H and O–H groups in total. The second-order valence-electron chi connectivity index (χ2n) is 7.48. The Morgan fingerprint density at radius 1 is 1.07 bits per heavy atom. The van der Waals surface area contributed by atoms with Crippen molar-refractivity contribution in [1.29, 1.82) is 0 Å². The maximum Gasteiger partial charge on any atom is 0.248 e. The number of carbonyl (C=O) groups is 1. The van der Waals surface area contributed by atoms with Crippen LogP contribution in [0.3, 0.4) is 0 Å². The molecule has 1 amide bonds. The molecule has 5 rings (SSSR count). The van der Waals surface area contributed by atoms with Crippen molar-refractivity contribution in [2.24, 2.45) is 5.73 Å². The van der Waals surface area contributed by atoms with E-state index in [-0.39, 0.29) is 5.16 Å². The van der Waals surface area contributed by atoms with Gasteiger partial charge in [-0.05, 0) is 79.0 Å². The van der Waals surface area contributed by atoms with Gasteiger partial charge in [0.15, 0.2) is 0 Å². The number of H-pyrrole nitrogens is 1. The van der Waals surface area contributed by atoms with E-state index in [0.717, 1.165) is 31.4 Å². The molecule has 2 aromatic carbocycles. The summed E-state index contributed by atoms with van der Waals surface area (Å²) in [5, 5.41) is 10.6. The molecule has 0 saturated carbocycles. The Morgan fingerprint density at radius 3 is 2.48 bits per heavy atom. The second-order valence-corrected chi connectivity index (χ2v) is 8.88. The van der Waals surface area contributed by atoms with E-state index in [9.17, 15) is 9.00 Å². The van der Waals surface area contributed by atoms with Crippen molar-refractivity contribution in [1.82, 2.24) is 15.2 Å². The lowest BCUT2D eigenvalue weighted by Crippen LogP contribution is -2.11. The molecule has 0 bridgehead atoms. The van der Waals surface area contributed by atoms with Crippen molar-refractivity contribution in [3.63, 3.8) is 0 Å². The van der Waals surface area contributed by atoms with Gasteiger partial charge in [0, 0.05) is 16.1 Å². The van der Waals surface area contributed by atoms with Crippen molar-refractivity contribution in [3.05, 3.63) is 58.1 Å². The quantitative estimate of drug-likeness (QED) is 0.602. The first-order valence-corrected chi connectivity index (χ1v) is 10.9. The summed E-state index contributed by atoms with van der Waals surface area (Å²) in [4.78, 5) is 16.2. The molecule has 1 unspecified atom stereocenters. The maximum atomic E-state index is 12.9. The molecule has 0 saturated heterocycles. The topological polar surface area (TPSA) is 114 Å². The second kappa shape index (κ2) is 7.11. The first kappa shape index (κ1) is 18.1. The normalized spacial score (nSPS) is 15.7. The molecule has 3 aromatic rings. The molecule has 0 radical (unpaired) electrons. The molecular formula is C21H21N5O2S. The van der Waals surface area contributed by atoms with Gasteiger partial charge >= 0.3 is 0 Å². The minimum atomic E-state index is -1.59. The number of nitrogens with zero attached hydrogens (tertiary/aromatic N) is 2. The van der Waals surface area contributed by atoms with Crippen LogP contribution in [0.2, 0.25) is 0 Å². The summed E-state index contributed by atoms with van der Waals surface area (Å²) in [6, 6.07) is 8.81. The fraction of sp³-hybridized carbons (Fsp3) is 0.286. The van der Waals surface area contributed by atoms with Crippen molar-refractivity contribution in [2.45, 2.75) is 48.6 Å². The fourth-order valence-corrected chi connectivity index (χ4v) is 5.30. The van der Waals surface area contributed by atoms with Crippen molar-refractivity contribution < 1.29 is 9.00 Å². The number of anilines is 2. The largest absolute Gasteiger partial charge is 0.366 e. The smallest absolute Gasteiger partial charge is 0.248 e. The van der Waals surface area contributed by atoms with Gasteiger partial charge in [-0.15, -0.1) is 5.10 Å². The number of primary amides is 1. The lowest BCUT2D eigenvalue weighted by Gasteiger charge is -2.15. The molecular weight excluding hydrogens is 386 g/mol. The summed E-state index contributed by atoms with van der Waals surface area (Å²) in [5.74, 6) is -0.149. The minimum absolute atomic E-state index is 0.235. The summed E-state index contributed by atoms with van der Waals surface area (Å²) in [6.07, 6.45) is 6.72. The molecule has 1 aromatic heterocycles. The molecule has 1 atom stereocenters. The van der Waals surface area contributed by atoms with Crippen LogP contribution in [0.25, 0.3) is 0 Å². The van der Waals surface area contributed by atoms with E-state index < -0.39 is 16.7 Å². The molecule has 7 nitrogen and oxygen atoms in total. The highest BCUT2D eigenvalue weighted by molar-refractivity contribution is 7.84. The Hall–Kier alpha value is -3.00. The number of carbonyl (C=O) groups excluding carboxylic acids is 1. The molecule has 2 aliphatic carbocycles. The molecule has 2 aliphatic rings. The minimum Gasteiger partial charge on any atom is -0.366 e. The van der Waals surface area contributed by atoms with E-state index in [0.29, 0.717) is 16.4 Å². The van der Waals surface area contributed by atoms with Gasteiger partial charge in [0.25, 0.3) is 0 Å². The first-order chi connectivity index (χ1) is 14.1. The summed E-state index contributed by atoms with van der Waals surface area (Å²) in [6.45, 7) is 0. The number of hydrogen-bond donors (Lipinski definition) is 3. The lowest BCUT2D eigenvalue weighted by atomic mass is 9.99. The Bertz CT molecular complexity index is 1120. The summed E-state index contributed by atoms with van der Waals surface area (Å²) < 4.78 is 12.9. The maximum absolute atomic E-state index is 12.9. The van der Waals surface area contributed by atoms with Gasteiger partial charge in [-0.1, -0.05) is 12.1 Å². The van der Waals surface area contributed by atoms with Gasteiger partial charge in [0.05, 0.1) is 0 Å². The Morgan fingerprint density at radius 2 is 1.79 bits per heavy atom. The Labute approximate surface area is 170 Å². The van der Waals surface area contributed by atoms with Gasteiger partial charge in [-0.3, -0.25) is 4.79 Å². The molecule has 8 heteroatoms. The Balaban J connectivity index is 1.44. The number of nitrogens with one attached hydrogen (secondary N) is 2. The third-order valence-corrected chi connectivity index (χ3v) is 6.90. The lowest BCUT2D eigenvalue weighted by molar-refractivity contribution is 0.1000. The zero-order valence-electron chi connectivity index (χ0n) is 15.8. The van der Waals surface area contributed by atoms with Crippen LogP contribution in [0.1, 0.15) is 45.5 Å². The average Bonchev–Trinajstić information content (AvgIpc) is 3.47. The SMILES string of the molecule is NC(=O)c1cccc(S(=O)c2nc(Nc3c4c(cc5c3CCC5)CCC4)n[nH]2)c1. The number of nitrogens with two attached hydrogens (primary N) is 1. The van der Waals surface area contributed by atoms with Crippen LogP contribution in [0.15, 0.2) is 40.4 Å². The number of aryl methyl sites for hydroxylation is 2. The molecule has 29 heavy (non-hydrogen) atoms. The first-order valence-electron chi connectivity index (χ1n) is 9.78. The number of fused-ring (bicyclic) bond motifs is 2. The fourth-order valence-electron chi connectivity index (χ4n) is 4.34. The molecule has 148 valence electrons. The monoisotopic (exact) mass is 407 g/mol. The molecule has 1 heterocycles. The Kier molecular flexibility index (Phi) is 4.43. The van der Waals surface area contributed by atoms with Crippen molar-refractivity contribution >= 4 is 28.3 Å². The molecule has 0 spiro atoms. The van der Waals surface area contributed by atoms with Crippen LogP contribution in [-0.2, 0) is 36.5 Å². The highest BCUT2D eigenvalue weighted by Crippen LogP contribution is 2.39. The van der Waals surface area contributed by atoms with Crippen LogP contribution in [0.5, 0.6) is 0 Å². The van der Waals surface area contributed by atoms with Crippen LogP contribution in [0.4, 0.5) is 11.6 Å². The number of benzene rings is 2. The van der Waals surface area contributed by atoms with E-state index in [1.54, 1.807) is 18.2 Å². The average molecular weight is 407 g/mol. The standard InChI is InChI=1S/C21H21N5O2S/c22-19(27)14-6-1-7-15(11-14)29(28)21-24-20(25-26-21)23-18-16-8-2-4-12(16)10-13-5-3-9-17(13)18/h1,6-7,10-11H,2-5,8-9H2,(H2,22,27)(H2,23,24,25,26). The van der Waals surface area contributed by atoms with Gasteiger partial charge in [0.2, 0.25) is 17.0 Å². The van der Waals surface area contributed by atoms with Crippen LogP contribution >= 0.6 is 0 Å².